The maximum Gasteiger partial charge on any atom is 0.340 e. The second-order valence-electron chi connectivity index (χ2n) is 5.65. The van der Waals surface area contributed by atoms with Crippen LogP contribution in [0.25, 0.3) is 11.2 Å². The van der Waals surface area contributed by atoms with Crippen LogP contribution < -0.4 is 4.74 Å². The first-order chi connectivity index (χ1) is 11.6. The van der Waals surface area contributed by atoms with Gasteiger partial charge in [-0.05, 0) is 24.6 Å². The third kappa shape index (κ3) is 3.22. The Balaban J connectivity index is 1.70. The Labute approximate surface area is 140 Å². The Morgan fingerprint density at radius 3 is 2.88 bits per heavy atom. The fourth-order valence-electron chi connectivity index (χ4n) is 2.60. The van der Waals surface area contributed by atoms with E-state index in [0.717, 1.165) is 17.0 Å². The highest BCUT2D eigenvalue weighted by molar-refractivity contribution is 5.92. The molecule has 2 heterocycles. The van der Waals surface area contributed by atoms with Crippen molar-refractivity contribution in [2.24, 2.45) is 7.05 Å². The average molecular weight is 325 g/mol. The fraction of sp³-hybridized carbons (Fsp3) is 0.278. The van der Waals surface area contributed by atoms with Crippen molar-refractivity contribution < 1.29 is 14.3 Å². The summed E-state index contributed by atoms with van der Waals surface area (Å²) in [4.78, 5) is 20.8. The van der Waals surface area contributed by atoms with Crippen LogP contribution in [0.5, 0.6) is 5.75 Å². The van der Waals surface area contributed by atoms with Crippen LogP contribution in [-0.2, 0) is 18.2 Å². The molecule has 3 rings (SSSR count). The highest BCUT2D eigenvalue weighted by Crippen LogP contribution is 2.20. The molecule has 0 aliphatic carbocycles. The lowest BCUT2D eigenvalue weighted by Crippen LogP contribution is -2.18. The highest BCUT2D eigenvalue weighted by Gasteiger charge is 2.16. The van der Waals surface area contributed by atoms with Crippen molar-refractivity contribution in [1.82, 2.24) is 14.5 Å². The van der Waals surface area contributed by atoms with Gasteiger partial charge in [-0.3, -0.25) is 0 Å². The topological polar surface area (TPSA) is 66.2 Å². The largest absolute Gasteiger partial charge is 0.496 e. The lowest BCUT2D eigenvalue weighted by Gasteiger charge is -2.15. The number of para-hydroxylation sites is 1. The summed E-state index contributed by atoms with van der Waals surface area (Å²) >= 11 is 0. The molecule has 1 aromatic carbocycles. The summed E-state index contributed by atoms with van der Waals surface area (Å²) in [5.74, 6) is 0.384. The number of hydrogen-bond donors (Lipinski definition) is 0. The van der Waals surface area contributed by atoms with Crippen molar-refractivity contribution >= 4 is 17.1 Å². The Morgan fingerprint density at radius 2 is 2.08 bits per heavy atom. The number of ether oxygens (including phenoxy) is 2. The van der Waals surface area contributed by atoms with Crippen molar-refractivity contribution in [3.05, 3.63) is 54.0 Å². The minimum absolute atomic E-state index is 0.284. The van der Waals surface area contributed by atoms with Crippen molar-refractivity contribution in [3.63, 3.8) is 0 Å². The van der Waals surface area contributed by atoms with E-state index in [1.165, 1.54) is 6.20 Å². The minimum Gasteiger partial charge on any atom is -0.496 e. The molecule has 0 aliphatic rings. The van der Waals surface area contributed by atoms with Gasteiger partial charge in [0, 0.05) is 19.7 Å². The van der Waals surface area contributed by atoms with Crippen LogP contribution in [0.1, 0.15) is 22.8 Å². The average Bonchev–Trinajstić information content (AvgIpc) is 2.96. The molecule has 0 spiro atoms. The number of nitrogens with zero attached hydrogens (tertiary/aromatic N) is 3. The zero-order chi connectivity index (χ0) is 17.1. The third-order valence-electron chi connectivity index (χ3n) is 3.80. The maximum absolute atomic E-state index is 12.3. The second-order valence-corrected chi connectivity index (χ2v) is 5.65. The van der Waals surface area contributed by atoms with Gasteiger partial charge in [-0.15, -0.1) is 0 Å². The van der Waals surface area contributed by atoms with Crippen molar-refractivity contribution in [1.29, 1.82) is 0 Å². The third-order valence-corrected chi connectivity index (χ3v) is 3.80. The van der Waals surface area contributed by atoms with E-state index in [0.29, 0.717) is 17.5 Å². The van der Waals surface area contributed by atoms with Gasteiger partial charge in [0.2, 0.25) is 0 Å². The smallest absolute Gasteiger partial charge is 0.340 e. The molecule has 0 N–H and O–H groups in total. The van der Waals surface area contributed by atoms with E-state index in [-0.39, 0.29) is 6.10 Å². The summed E-state index contributed by atoms with van der Waals surface area (Å²) in [6.07, 6.45) is 3.47. The molecule has 6 nitrogen and oxygen atoms in total. The first-order valence-electron chi connectivity index (χ1n) is 7.68. The minimum atomic E-state index is -0.405. The number of aryl methyl sites for hydroxylation is 1. The van der Waals surface area contributed by atoms with Crippen LogP contribution in [0.4, 0.5) is 0 Å². The molecule has 3 aromatic rings. The number of fused-ring (bicyclic) bond motifs is 1. The number of benzene rings is 1. The van der Waals surface area contributed by atoms with Gasteiger partial charge in [0.1, 0.15) is 17.4 Å². The Kier molecular flexibility index (Phi) is 4.46. The summed E-state index contributed by atoms with van der Waals surface area (Å²) < 4.78 is 12.7. The monoisotopic (exact) mass is 325 g/mol. The number of carbonyl (C=O) groups is 1. The van der Waals surface area contributed by atoms with E-state index in [9.17, 15) is 4.79 Å². The molecule has 2 aromatic heterocycles. The normalized spacial score (nSPS) is 12.1. The van der Waals surface area contributed by atoms with Crippen LogP contribution in [0, 0.1) is 0 Å². The van der Waals surface area contributed by atoms with E-state index >= 15 is 0 Å². The summed E-state index contributed by atoms with van der Waals surface area (Å²) in [5.41, 5.74) is 2.80. The van der Waals surface area contributed by atoms with Crippen molar-refractivity contribution in [3.8, 4) is 5.75 Å². The number of methoxy groups -OCH3 is 1. The molecule has 0 unspecified atom stereocenters. The summed E-state index contributed by atoms with van der Waals surface area (Å²) in [6.45, 7) is 1.86. The van der Waals surface area contributed by atoms with Crippen LogP contribution in [0.15, 0.2) is 42.9 Å². The maximum atomic E-state index is 12.3. The zero-order valence-corrected chi connectivity index (χ0v) is 13.9. The Morgan fingerprint density at radius 1 is 1.29 bits per heavy atom. The second kappa shape index (κ2) is 6.70. The molecule has 0 fully saturated rings. The molecule has 0 saturated heterocycles. The molecule has 6 heteroatoms. The van der Waals surface area contributed by atoms with Crippen LogP contribution in [0.2, 0.25) is 0 Å². The molecular weight excluding hydrogens is 306 g/mol. The number of rotatable bonds is 5. The van der Waals surface area contributed by atoms with Gasteiger partial charge in [0.15, 0.2) is 5.65 Å². The number of imidazole rings is 1. The van der Waals surface area contributed by atoms with Crippen molar-refractivity contribution in [2.75, 3.05) is 7.11 Å². The van der Waals surface area contributed by atoms with Crippen LogP contribution in [-0.4, -0.2) is 33.7 Å². The SMILES string of the molecule is COc1ccccc1C[C@@H](C)OC(=O)c1cnc2c(c1)ncn2C. The summed E-state index contributed by atoms with van der Waals surface area (Å²) in [6, 6.07) is 9.39. The predicted molar refractivity (Wildman–Crippen MR) is 90.1 cm³/mol. The van der Waals surface area contributed by atoms with E-state index in [2.05, 4.69) is 9.97 Å². The molecule has 0 bridgehead atoms. The van der Waals surface area contributed by atoms with E-state index < -0.39 is 5.97 Å². The summed E-state index contributed by atoms with van der Waals surface area (Å²) in [7, 11) is 3.49. The van der Waals surface area contributed by atoms with E-state index in [1.54, 1.807) is 24.1 Å². The fourth-order valence-corrected chi connectivity index (χ4v) is 2.60. The zero-order valence-electron chi connectivity index (χ0n) is 13.9. The molecule has 0 saturated carbocycles. The number of aromatic nitrogens is 3. The van der Waals surface area contributed by atoms with Gasteiger partial charge in [-0.25, -0.2) is 14.8 Å². The molecule has 24 heavy (non-hydrogen) atoms. The van der Waals surface area contributed by atoms with Crippen LogP contribution >= 0.6 is 0 Å². The Hall–Kier alpha value is -2.89. The molecule has 0 aliphatic heterocycles. The van der Waals surface area contributed by atoms with Gasteiger partial charge in [-0.2, -0.15) is 0 Å². The van der Waals surface area contributed by atoms with Gasteiger partial charge in [0.05, 0.1) is 19.0 Å². The van der Waals surface area contributed by atoms with Gasteiger partial charge in [0.25, 0.3) is 0 Å². The number of hydrogen-bond acceptors (Lipinski definition) is 5. The summed E-state index contributed by atoms with van der Waals surface area (Å²) in [5, 5.41) is 0. The Bertz CT molecular complexity index is 873. The predicted octanol–water partition coefficient (Wildman–Crippen LogP) is 2.76. The van der Waals surface area contributed by atoms with Crippen LogP contribution in [0.3, 0.4) is 0 Å². The number of pyridine rings is 1. The van der Waals surface area contributed by atoms with Gasteiger partial charge in [-0.1, -0.05) is 18.2 Å². The quantitative estimate of drug-likeness (QED) is 0.675. The number of esters is 1. The molecule has 0 amide bonds. The molecule has 0 radical (unpaired) electrons. The molecular formula is C18H19N3O3. The molecule has 1 atom stereocenters. The van der Waals surface area contributed by atoms with E-state index in [4.69, 9.17) is 9.47 Å². The first-order valence-corrected chi connectivity index (χ1v) is 7.68. The van der Waals surface area contributed by atoms with Gasteiger partial charge >= 0.3 is 5.97 Å². The van der Waals surface area contributed by atoms with Gasteiger partial charge < -0.3 is 14.0 Å². The molecule has 124 valence electrons. The lowest BCUT2D eigenvalue weighted by molar-refractivity contribution is 0.0341. The number of carbonyl (C=O) groups excluding carboxylic acids is 1. The standard InChI is InChI=1S/C18H19N3O3/c1-12(8-13-6-4-5-7-16(13)23-3)24-18(22)14-9-15-17(19-10-14)21(2)11-20-15/h4-7,9-12H,8H2,1-3H3/t12-/m1/s1. The first kappa shape index (κ1) is 16.0. The van der Waals surface area contributed by atoms with E-state index in [1.807, 2.05) is 38.2 Å². The lowest BCUT2D eigenvalue weighted by atomic mass is 10.1. The highest BCUT2D eigenvalue weighted by atomic mass is 16.5. The van der Waals surface area contributed by atoms with Crippen molar-refractivity contribution in [2.45, 2.75) is 19.4 Å².